The highest BCUT2D eigenvalue weighted by Gasteiger charge is 2.30. The normalized spacial score (nSPS) is 21.9. The Balaban J connectivity index is 1.52. The zero-order valence-corrected chi connectivity index (χ0v) is 13.2. The third-order valence-corrected chi connectivity index (χ3v) is 4.48. The number of halogens is 1. The Hall–Kier alpha value is -1.55. The molecule has 0 spiro atoms. The van der Waals surface area contributed by atoms with Crippen LogP contribution in [0, 0.1) is 0 Å². The molecule has 1 aliphatic heterocycles. The van der Waals surface area contributed by atoms with Crippen LogP contribution in [-0.4, -0.2) is 37.2 Å². The van der Waals surface area contributed by atoms with Crippen molar-refractivity contribution in [3.05, 3.63) is 65.2 Å². The van der Waals surface area contributed by atoms with Gasteiger partial charge in [0.1, 0.15) is 12.4 Å². The summed E-state index contributed by atoms with van der Waals surface area (Å²) >= 11 is 6.09. The third kappa shape index (κ3) is 3.61. The highest BCUT2D eigenvalue weighted by atomic mass is 35.5. The molecule has 1 saturated heterocycles. The first-order valence-electron chi connectivity index (χ1n) is 7.64. The van der Waals surface area contributed by atoms with E-state index in [4.69, 9.17) is 22.1 Å². The topological polar surface area (TPSA) is 38.5 Å². The molecule has 116 valence electrons. The molecule has 1 fully saturated rings. The highest BCUT2D eigenvalue weighted by Crippen LogP contribution is 2.26. The van der Waals surface area contributed by atoms with E-state index in [-0.39, 0.29) is 6.04 Å². The van der Waals surface area contributed by atoms with Gasteiger partial charge in [0.25, 0.3) is 0 Å². The van der Waals surface area contributed by atoms with E-state index >= 15 is 0 Å². The Morgan fingerprint density at radius 1 is 1.05 bits per heavy atom. The Morgan fingerprint density at radius 2 is 1.77 bits per heavy atom. The third-order valence-electron chi connectivity index (χ3n) is 4.17. The standard InChI is InChI=1S/C18H21ClN2O/c19-16-8-4-5-9-18(16)22-11-10-21-12-15(17(20)13-21)14-6-2-1-3-7-14/h1-9,15,17H,10-13,20H2/t15-,17+/m0/s1. The molecule has 3 rings (SSSR count). The van der Waals surface area contributed by atoms with Crippen LogP contribution in [0.1, 0.15) is 11.5 Å². The van der Waals surface area contributed by atoms with Gasteiger partial charge in [-0.1, -0.05) is 54.1 Å². The highest BCUT2D eigenvalue weighted by molar-refractivity contribution is 6.32. The van der Waals surface area contributed by atoms with E-state index in [0.29, 0.717) is 17.5 Å². The van der Waals surface area contributed by atoms with Crippen molar-refractivity contribution >= 4 is 11.6 Å². The average Bonchev–Trinajstić information content (AvgIpc) is 2.91. The monoisotopic (exact) mass is 316 g/mol. The summed E-state index contributed by atoms with van der Waals surface area (Å²) in [6.45, 7) is 3.38. The molecule has 0 radical (unpaired) electrons. The summed E-state index contributed by atoms with van der Waals surface area (Å²) in [6.07, 6.45) is 0. The number of para-hydroxylation sites is 1. The molecular formula is C18H21ClN2O. The van der Waals surface area contributed by atoms with Crippen molar-refractivity contribution < 1.29 is 4.74 Å². The lowest BCUT2D eigenvalue weighted by Crippen LogP contribution is -2.30. The zero-order valence-electron chi connectivity index (χ0n) is 12.5. The van der Waals surface area contributed by atoms with Gasteiger partial charge in [-0.15, -0.1) is 0 Å². The SMILES string of the molecule is N[C@@H]1CN(CCOc2ccccc2Cl)C[C@H]1c1ccccc1. The minimum Gasteiger partial charge on any atom is -0.491 e. The van der Waals surface area contributed by atoms with E-state index in [1.807, 2.05) is 30.3 Å². The van der Waals surface area contributed by atoms with Crippen LogP contribution in [0.5, 0.6) is 5.75 Å². The molecule has 0 aliphatic carbocycles. The van der Waals surface area contributed by atoms with Gasteiger partial charge >= 0.3 is 0 Å². The molecule has 0 unspecified atom stereocenters. The van der Waals surface area contributed by atoms with E-state index < -0.39 is 0 Å². The fourth-order valence-electron chi connectivity index (χ4n) is 3.00. The van der Waals surface area contributed by atoms with E-state index in [1.165, 1.54) is 5.56 Å². The van der Waals surface area contributed by atoms with Gasteiger partial charge in [-0.25, -0.2) is 0 Å². The fourth-order valence-corrected chi connectivity index (χ4v) is 3.19. The van der Waals surface area contributed by atoms with Gasteiger partial charge in [0.15, 0.2) is 0 Å². The predicted octanol–water partition coefficient (Wildman–Crippen LogP) is 3.15. The number of benzene rings is 2. The smallest absolute Gasteiger partial charge is 0.137 e. The van der Waals surface area contributed by atoms with Crippen LogP contribution in [0.15, 0.2) is 54.6 Å². The summed E-state index contributed by atoms with van der Waals surface area (Å²) in [6, 6.07) is 18.3. The lowest BCUT2D eigenvalue weighted by molar-refractivity contribution is 0.235. The number of hydrogen-bond donors (Lipinski definition) is 1. The Labute approximate surface area is 136 Å². The summed E-state index contributed by atoms with van der Waals surface area (Å²) in [5.74, 6) is 1.15. The van der Waals surface area contributed by atoms with Crippen LogP contribution in [0.2, 0.25) is 5.02 Å². The van der Waals surface area contributed by atoms with Gasteiger partial charge in [0, 0.05) is 31.6 Å². The second-order valence-corrected chi connectivity index (χ2v) is 6.13. The molecule has 4 heteroatoms. The van der Waals surface area contributed by atoms with Crippen molar-refractivity contribution in [3.8, 4) is 5.75 Å². The number of rotatable bonds is 5. The van der Waals surface area contributed by atoms with Crippen LogP contribution in [0.25, 0.3) is 0 Å². The maximum Gasteiger partial charge on any atom is 0.137 e. The molecule has 0 amide bonds. The molecule has 2 aromatic carbocycles. The first-order valence-corrected chi connectivity index (χ1v) is 8.02. The first-order chi connectivity index (χ1) is 10.7. The van der Waals surface area contributed by atoms with Gasteiger partial charge < -0.3 is 10.5 Å². The van der Waals surface area contributed by atoms with E-state index in [1.54, 1.807) is 0 Å². The molecule has 1 heterocycles. The second-order valence-electron chi connectivity index (χ2n) is 5.72. The minimum atomic E-state index is 0.183. The predicted molar refractivity (Wildman–Crippen MR) is 90.5 cm³/mol. The molecule has 1 aliphatic rings. The molecule has 2 aromatic rings. The van der Waals surface area contributed by atoms with Crippen molar-refractivity contribution in [2.45, 2.75) is 12.0 Å². The Kier molecular flexibility index (Phi) is 4.98. The van der Waals surface area contributed by atoms with Gasteiger partial charge in [0.05, 0.1) is 5.02 Å². The van der Waals surface area contributed by atoms with Gasteiger partial charge in [0.2, 0.25) is 0 Å². The average molecular weight is 317 g/mol. The molecule has 2 N–H and O–H groups in total. The van der Waals surface area contributed by atoms with Crippen molar-refractivity contribution in [1.29, 1.82) is 0 Å². The largest absolute Gasteiger partial charge is 0.491 e. The number of hydrogen-bond acceptors (Lipinski definition) is 3. The molecule has 3 nitrogen and oxygen atoms in total. The van der Waals surface area contributed by atoms with Crippen molar-refractivity contribution in [2.24, 2.45) is 5.73 Å². The second kappa shape index (κ2) is 7.14. The van der Waals surface area contributed by atoms with E-state index in [9.17, 15) is 0 Å². The summed E-state index contributed by atoms with van der Waals surface area (Å²) in [5, 5.41) is 0.655. The molecule has 0 bridgehead atoms. The Bertz CT molecular complexity index is 605. The van der Waals surface area contributed by atoms with E-state index in [0.717, 1.165) is 25.4 Å². The molecular weight excluding hydrogens is 296 g/mol. The number of nitrogens with zero attached hydrogens (tertiary/aromatic N) is 1. The van der Waals surface area contributed by atoms with E-state index in [2.05, 4.69) is 29.2 Å². The maximum absolute atomic E-state index is 6.30. The fraction of sp³-hybridized carbons (Fsp3) is 0.333. The quantitative estimate of drug-likeness (QED) is 0.921. The van der Waals surface area contributed by atoms with Gasteiger partial charge in [-0.3, -0.25) is 4.90 Å². The van der Waals surface area contributed by atoms with Crippen molar-refractivity contribution in [3.63, 3.8) is 0 Å². The van der Waals surface area contributed by atoms with Gasteiger partial charge in [-0.05, 0) is 17.7 Å². The number of ether oxygens (including phenoxy) is 1. The first kappa shape index (κ1) is 15.3. The summed E-state index contributed by atoms with van der Waals surface area (Å²) in [4.78, 5) is 2.36. The minimum absolute atomic E-state index is 0.183. The van der Waals surface area contributed by atoms with Crippen molar-refractivity contribution in [2.75, 3.05) is 26.2 Å². The molecule has 2 atom stereocenters. The summed E-state index contributed by atoms with van der Waals surface area (Å²) < 4.78 is 5.76. The van der Waals surface area contributed by atoms with Crippen LogP contribution >= 0.6 is 11.6 Å². The van der Waals surface area contributed by atoms with Crippen LogP contribution < -0.4 is 10.5 Å². The maximum atomic E-state index is 6.30. The summed E-state index contributed by atoms with van der Waals surface area (Å²) in [7, 11) is 0. The van der Waals surface area contributed by atoms with Gasteiger partial charge in [-0.2, -0.15) is 0 Å². The molecule has 0 saturated carbocycles. The number of likely N-dealkylation sites (tertiary alicyclic amines) is 1. The lowest BCUT2D eigenvalue weighted by atomic mass is 9.95. The van der Waals surface area contributed by atoms with Crippen LogP contribution in [0.3, 0.4) is 0 Å². The summed E-state index contributed by atoms with van der Waals surface area (Å²) in [5.41, 5.74) is 7.63. The van der Waals surface area contributed by atoms with Crippen molar-refractivity contribution in [1.82, 2.24) is 4.90 Å². The number of nitrogens with two attached hydrogens (primary N) is 1. The lowest BCUT2D eigenvalue weighted by Gasteiger charge is -2.16. The molecule has 22 heavy (non-hydrogen) atoms. The zero-order chi connectivity index (χ0) is 15.4. The van der Waals surface area contributed by atoms with Crippen LogP contribution in [-0.2, 0) is 0 Å². The van der Waals surface area contributed by atoms with Crippen LogP contribution in [0.4, 0.5) is 0 Å². The Morgan fingerprint density at radius 3 is 2.55 bits per heavy atom. The molecule has 0 aromatic heterocycles.